The number of rotatable bonds is 4. The quantitative estimate of drug-likeness (QED) is 0.572. The Morgan fingerprint density at radius 2 is 1.45 bits per heavy atom. The van der Waals surface area contributed by atoms with E-state index in [1.165, 1.54) is 0 Å². The summed E-state index contributed by atoms with van der Waals surface area (Å²) in [6.07, 6.45) is 1.60. The standard InChI is InChI=1S/C30H35N3O5/c34-22-17-23-24(18-22)29(37)31-21(14-19-8-3-1-4-9-19)16-27(35)32-25(15-20-10-5-2-6-11-20)30(38)33-13-7-12-26(33)28(23)36/h1-6,8-11,21-26,34H,7,12-18H2,(H,31,37)(H,32,35)/t21-,22-,23?,24+,25-,26-/m0/s1. The van der Waals surface area contributed by atoms with Gasteiger partial charge in [0, 0.05) is 31.3 Å². The Morgan fingerprint density at radius 1 is 0.816 bits per heavy atom. The van der Waals surface area contributed by atoms with Crippen molar-refractivity contribution in [3.63, 3.8) is 0 Å². The smallest absolute Gasteiger partial charge is 0.246 e. The van der Waals surface area contributed by atoms with Gasteiger partial charge in [-0.15, -0.1) is 0 Å². The normalized spacial score (nSPS) is 30.4. The van der Waals surface area contributed by atoms with Crippen LogP contribution in [-0.2, 0) is 32.0 Å². The highest BCUT2D eigenvalue weighted by Gasteiger charge is 2.48. The summed E-state index contributed by atoms with van der Waals surface area (Å²) in [4.78, 5) is 56.0. The topological polar surface area (TPSA) is 116 Å². The van der Waals surface area contributed by atoms with E-state index in [-0.39, 0.29) is 42.8 Å². The number of hydrogen-bond donors (Lipinski definition) is 3. The molecule has 38 heavy (non-hydrogen) atoms. The van der Waals surface area contributed by atoms with Gasteiger partial charge in [0.1, 0.15) is 6.04 Å². The summed E-state index contributed by atoms with van der Waals surface area (Å²) in [5, 5.41) is 16.4. The number of carbonyl (C=O) groups excluding carboxylic acids is 4. The molecule has 3 aliphatic rings. The fourth-order valence-corrected chi connectivity index (χ4v) is 6.30. The van der Waals surface area contributed by atoms with E-state index in [0.29, 0.717) is 32.2 Å². The van der Waals surface area contributed by atoms with Gasteiger partial charge >= 0.3 is 0 Å². The van der Waals surface area contributed by atoms with E-state index in [1.807, 2.05) is 60.7 Å². The lowest BCUT2D eigenvalue weighted by Crippen LogP contribution is -2.53. The fraction of sp³-hybridized carbons (Fsp3) is 0.467. The third-order valence-electron chi connectivity index (χ3n) is 8.12. The minimum Gasteiger partial charge on any atom is -0.393 e. The predicted molar refractivity (Wildman–Crippen MR) is 141 cm³/mol. The lowest BCUT2D eigenvalue weighted by molar-refractivity contribution is -0.143. The zero-order chi connectivity index (χ0) is 26.6. The second-order valence-electron chi connectivity index (χ2n) is 10.8. The number of hydrogen-bond acceptors (Lipinski definition) is 5. The molecule has 0 radical (unpaired) electrons. The van der Waals surface area contributed by atoms with Crippen LogP contribution in [0, 0.1) is 11.8 Å². The molecular formula is C30H35N3O5. The second kappa shape index (κ2) is 11.5. The van der Waals surface area contributed by atoms with Crippen molar-refractivity contribution in [3.05, 3.63) is 71.8 Å². The Kier molecular flexibility index (Phi) is 7.88. The molecule has 5 rings (SSSR count). The van der Waals surface area contributed by atoms with Crippen LogP contribution in [0.3, 0.4) is 0 Å². The first kappa shape index (κ1) is 26.1. The zero-order valence-electron chi connectivity index (χ0n) is 21.4. The number of aliphatic hydroxyl groups is 1. The molecule has 2 aliphatic heterocycles. The molecule has 1 unspecified atom stereocenters. The van der Waals surface area contributed by atoms with Crippen LogP contribution < -0.4 is 10.6 Å². The number of aliphatic hydroxyl groups excluding tert-OH is 1. The third-order valence-corrected chi connectivity index (χ3v) is 8.12. The van der Waals surface area contributed by atoms with E-state index >= 15 is 0 Å². The highest BCUT2D eigenvalue weighted by Crippen LogP contribution is 2.36. The SMILES string of the molecule is O=C1C[C@H](Cc2ccccc2)NC(=O)[C@@H]2C[C@@H](O)CC2C(=O)[C@@H]2CCCN2C(=O)[C@H](Cc2ccccc2)N1. The summed E-state index contributed by atoms with van der Waals surface area (Å²) in [6, 6.07) is 17.1. The number of amides is 3. The van der Waals surface area contributed by atoms with Crippen LogP contribution in [0.15, 0.2) is 60.7 Å². The highest BCUT2D eigenvalue weighted by molar-refractivity contribution is 5.97. The molecule has 1 aliphatic carbocycles. The number of ketones is 1. The molecule has 3 fully saturated rings. The van der Waals surface area contributed by atoms with Crippen molar-refractivity contribution in [2.75, 3.05) is 6.54 Å². The van der Waals surface area contributed by atoms with Crippen LogP contribution in [0.25, 0.3) is 0 Å². The monoisotopic (exact) mass is 517 g/mol. The van der Waals surface area contributed by atoms with Crippen LogP contribution in [0.1, 0.15) is 43.2 Å². The average Bonchev–Trinajstić information content (AvgIpc) is 3.55. The number of benzene rings is 2. The van der Waals surface area contributed by atoms with Gasteiger partial charge in [-0.2, -0.15) is 0 Å². The number of fused-ring (bicyclic) bond motifs is 2. The lowest BCUT2D eigenvalue weighted by atomic mass is 9.86. The molecule has 8 nitrogen and oxygen atoms in total. The Labute approximate surface area is 222 Å². The van der Waals surface area contributed by atoms with Crippen LogP contribution in [0.5, 0.6) is 0 Å². The average molecular weight is 518 g/mol. The van der Waals surface area contributed by atoms with Gasteiger partial charge < -0.3 is 20.6 Å². The molecule has 1 saturated carbocycles. The van der Waals surface area contributed by atoms with E-state index in [2.05, 4.69) is 10.6 Å². The van der Waals surface area contributed by atoms with Crippen molar-refractivity contribution in [2.45, 2.75) is 69.2 Å². The van der Waals surface area contributed by atoms with Crippen molar-refractivity contribution >= 4 is 23.5 Å². The van der Waals surface area contributed by atoms with Gasteiger partial charge in [-0.1, -0.05) is 60.7 Å². The molecular weight excluding hydrogens is 482 g/mol. The van der Waals surface area contributed by atoms with E-state index in [4.69, 9.17) is 0 Å². The summed E-state index contributed by atoms with van der Waals surface area (Å²) in [6.45, 7) is 0.430. The van der Waals surface area contributed by atoms with Crippen LogP contribution in [-0.4, -0.2) is 64.3 Å². The van der Waals surface area contributed by atoms with Gasteiger partial charge in [0.25, 0.3) is 0 Å². The number of nitrogens with zero attached hydrogens (tertiary/aromatic N) is 1. The summed E-state index contributed by atoms with van der Waals surface area (Å²) >= 11 is 0. The van der Waals surface area contributed by atoms with Gasteiger partial charge in [-0.05, 0) is 43.2 Å². The number of nitrogens with one attached hydrogen (secondary N) is 2. The largest absolute Gasteiger partial charge is 0.393 e. The van der Waals surface area contributed by atoms with Crippen LogP contribution in [0.4, 0.5) is 0 Å². The minimum absolute atomic E-state index is 0.00345. The number of Topliss-reactive ketones (excluding diaryl/α,β-unsaturated/α-hetero) is 1. The van der Waals surface area contributed by atoms with E-state index in [0.717, 1.165) is 11.1 Å². The first-order chi connectivity index (χ1) is 18.4. The third kappa shape index (κ3) is 5.80. The molecule has 2 aromatic rings. The Hall–Kier alpha value is -3.52. The van der Waals surface area contributed by atoms with Crippen molar-refractivity contribution in [1.29, 1.82) is 0 Å². The summed E-state index contributed by atoms with van der Waals surface area (Å²) < 4.78 is 0. The zero-order valence-corrected chi connectivity index (χ0v) is 21.4. The molecule has 0 spiro atoms. The second-order valence-corrected chi connectivity index (χ2v) is 10.8. The maximum Gasteiger partial charge on any atom is 0.246 e. The van der Waals surface area contributed by atoms with Crippen molar-refractivity contribution < 1.29 is 24.3 Å². The molecule has 8 heteroatoms. The van der Waals surface area contributed by atoms with E-state index in [9.17, 15) is 24.3 Å². The Balaban J connectivity index is 1.48. The number of carbonyl (C=O) groups is 4. The molecule has 2 heterocycles. The summed E-state index contributed by atoms with van der Waals surface area (Å²) in [5.41, 5.74) is 1.87. The first-order valence-corrected chi connectivity index (χ1v) is 13.6. The van der Waals surface area contributed by atoms with Gasteiger partial charge in [0.2, 0.25) is 17.7 Å². The van der Waals surface area contributed by atoms with Crippen molar-refractivity contribution in [2.24, 2.45) is 11.8 Å². The molecule has 0 aromatic heterocycles. The maximum absolute atomic E-state index is 13.8. The Morgan fingerprint density at radius 3 is 2.13 bits per heavy atom. The molecule has 3 amide bonds. The van der Waals surface area contributed by atoms with Gasteiger partial charge in [-0.25, -0.2) is 0 Å². The van der Waals surface area contributed by atoms with Gasteiger partial charge in [0.15, 0.2) is 5.78 Å². The maximum atomic E-state index is 13.8. The molecule has 6 atom stereocenters. The van der Waals surface area contributed by atoms with Crippen molar-refractivity contribution in [1.82, 2.24) is 15.5 Å². The molecule has 0 bridgehead atoms. The van der Waals surface area contributed by atoms with E-state index in [1.54, 1.807) is 4.90 Å². The van der Waals surface area contributed by atoms with Crippen molar-refractivity contribution in [3.8, 4) is 0 Å². The van der Waals surface area contributed by atoms with E-state index < -0.39 is 36.1 Å². The van der Waals surface area contributed by atoms with Gasteiger partial charge in [-0.3, -0.25) is 19.2 Å². The lowest BCUT2D eigenvalue weighted by Gasteiger charge is -2.30. The van der Waals surface area contributed by atoms with Crippen LogP contribution >= 0.6 is 0 Å². The Bertz CT molecular complexity index is 1170. The van der Waals surface area contributed by atoms with Crippen LogP contribution in [0.2, 0.25) is 0 Å². The molecule has 200 valence electrons. The fourth-order valence-electron chi connectivity index (χ4n) is 6.30. The minimum atomic E-state index is -0.822. The molecule has 3 N–H and O–H groups in total. The molecule has 2 aromatic carbocycles. The molecule has 2 saturated heterocycles. The highest BCUT2D eigenvalue weighted by atomic mass is 16.3. The first-order valence-electron chi connectivity index (χ1n) is 13.6. The van der Waals surface area contributed by atoms with Gasteiger partial charge in [0.05, 0.1) is 18.1 Å². The predicted octanol–water partition coefficient (Wildman–Crippen LogP) is 1.79. The summed E-state index contributed by atoms with van der Waals surface area (Å²) in [7, 11) is 0. The summed E-state index contributed by atoms with van der Waals surface area (Å²) in [5.74, 6) is -2.41.